The molecule has 2 aromatic heterocycles. The third-order valence-electron chi connectivity index (χ3n) is 2.79. The van der Waals surface area contributed by atoms with Crippen LogP contribution in [0.25, 0.3) is 17.3 Å². The van der Waals surface area contributed by atoms with Crippen LogP contribution in [0.2, 0.25) is 10.0 Å². The van der Waals surface area contributed by atoms with Crippen LogP contribution in [-0.2, 0) is 6.42 Å². The summed E-state index contributed by atoms with van der Waals surface area (Å²) in [4.78, 5) is 8.49. The summed E-state index contributed by atoms with van der Waals surface area (Å²) in [5.41, 5.74) is 1.47. The minimum atomic E-state index is 0.403. The van der Waals surface area contributed by atoms with Crippen molar-refractivity contribution in [2.45, 2.75) is 13.3 Å². The lowest BCUT2D eigenvalue weighted by Crippen LogP contribution is -1.89. The van der Waals surface area contributed by atoms with Crippen molar-refractivity contribution in [1.29, 1.82) is 0 Å². The lowest BCUT2D eigenvalue weighted by molar-refractivity contribution is 0.422. The van der Waals surface area contributed by atoms with Gasteiger partial charge < -0.3 is 9.09 Å². The molecule has 0 N–H and O–H groups in total. The van der Waals surface area contributed by atoms with Gasteiger partial charge in [-0.15, -0.1) is 0 Å². The predicted molar refractivity (Wildman–Crippen MR) is 76.3 cm³/mol. The molecular formula is C13H10Cl2N4O. The Bertz CT molecular complexity index is 750. The number of hydrogen-bond acceptors (Lipinski definition) is 4. The fourth-order valence-corrected chi connectivity index (χ4v) is 2.01. The van der Waals surface area contributed by atoms with Crippen LogP contribution in [0.3, 0.4) is 0 Å². The summed E-state index contributed by atoms with van der Waals surface area (Å²) >= 11 is 11.9. The van der Waals surface area contributed by atoms with E-state index in [9.17, 15) is 0 Å². The average Bonchev–Trinajstić information content (AvgIpc) is 3.09. The highest BCUT2D eigenvalue weighted by atomic mass is 35.5. The SMILES string of the molecule is CCc1noc(-c2cn(-c3ccc(Cl)c(Cl)c3)cn2)n1. The summed E-state index contributed by atoms with van der Waals surface area (Å²) in [6.07, 6.45) is 4.17. The van der Waals surface area contributed by atoms with Crippen molar-refractivity contribution in [3.63, 3.8) is 0 Å². The largest absolute Gasteiger partial charge is 0.332 e. The van der Waals surface area contributed by atoms with E-state index in [1.165, 1.54) is 0 Å². The fourth-order valence-electron chi connectivity index (χ4n) is 1.72. The second-order valence-corrected chi connectivity index (χ2v) is 4.95. The van der Waals surface area contributed by atoms with Crippen molar-refractivity contribution >= 4 is 23.2 Å². The van der Waals surface area contributed by atoms with Crippen molar-refractivity contribution in [2.75, 3.05) is 0 Å². The van der Waals surface area contributed by atoms with Gasteiger partial charge in [0.05, 0.1) is 10.0 Å². The summed E-state index contributed by atoms with van der Waals surface area (Å²) < 4.78 is 6.96. The first-order valence-electron chi connectivity index (χ1n) is 5.99. The van der Waals surface area contributed by atoms with Crippen LogP contribution in [0.1, 0.15) is 12.7 Å². The number of halogens is 2. The molecule has 0 amide bonds. The number of aromatic nitrogens is 4. The Kier molecular flexibility index (Phi) is 3.46. The summed E-state index contributed by atoms with van der Waals surface area (Å²) in [6, 6.07) is 5.35. The van der Waals surface area contributed by atoms with E-state index in [1.807, 2.05) is 17.6 Å². The topological polar surface area (TPSA) is 56.7 Å². The molecule has 7 heteroatoms. The number of hydrogen-bond donors (Lipinski definition) is 0. The Morgan fingerprint density at radius 3 is 2.80 bits per heavy atom. The van der Waals surface area contributed by atoms with Gasteiger partial charge in [0.2, 0.25) is 0 Å². The van der Waals surface area contributed by atoms with E-state index in [1.54, 1.807) is 24.7 Å². The monoisotopic (exact) mass is 308 g/mol. The zero-order chi connectivity index (χ0) is 14.1. The summed E-state index contributed by atoms with van der Waals surface area (Å²) in [5, 5.41) is 4.85. The van der Waals surface area contributed by atoms with Crippen LogP contribution in [0, 0.1) is 0 Å². The maximum Gasteiger partial charge on any atom is 0.278 e. The van der Waals surface area contributed by atoms with Gasteiger partial charge in [0, 0.05) is 18.3 Å². The van der Waals surface area contributed by atoms with Gasteiger partial charge in [-0.3, -0.25) is 0 Å². The van der Waals surface area contributed by atoms with Crippen molar-refractivity contribution < 1.29 is 4.52 Å². The predicted octanol–water partition coefficient (Wildman–Crippen LogP) is 3.79. The van der Waals surface area contributed by atoms with Gasteiger partial charge in [-0.1, -0.05) is 35.3 Å². The molecule has 0 aliphatic rings. The molecule has 0 fully saturated rings. The summed E-state index contributed by atoms with van der Waals surface area (Å²) in [6.45, 7) is 1.96. The second-order valence-electron chi connectivity index (χ2n) is 4.13. The lowest BCUT2D eigenvalue weighted by Gasteiger charge is -2.02. The molecule has 0 unspecified atom stereocenters. The van der Waals surface area contributed by atoms with E-state index in [-0.39, 0.29) is 0 Å². The van der Waals surface area contributed by atoms with Crippen LogP contribution in [0.5, 0.6) is 0 Å². The van der Waals surface area contributed by atoms with Gasteiger partial charge in [0.15, 0.2) is 5.82 Å². The smallest absolute Gasteiger partial charge is 0.278 e. The molecule has 0 spiro atoms. The molecule has 0 saturated heterocycles. The lowest BCUT2D eigenvalue weighted by atomic mass is 10.3. The van der Waals surface area contributed by atoms with E-state index in [2.05, 4.69) is 15.1 Å². The molecular weight excluding hydrogens is 299 g/mol. The van der Waals surface area contributed by atoms with Crippen LogP contribution < -0.4 is 0 Å². The van der Waals surface area contributed by atoms with Gasteiger partial charge >= 0.3 is 0 Å². The molecule has 0 aliphatic carbocycles. The Morgan fingerprint density at radius 1 is 1.25 bits per heavy atom. The highest BCUT2D eigenvalue weighted by molar-refractivity contribution is 6.42. The minimum Gasteiger partial charge on any atom is -0.332 e. The molecule has 0 aliphatic heterocycles. The second kappa shape index (κ2) is 5.26. The van der Waals surface area contributed by atoms with E-state index < -0.39 is 0 Å². The molecule has 0 radical (unpaired) electrons. The van der Waals surface area contributed by atoms with Crippen molar-refractivity contribution in [1.82, 2.24) is 19.7 Å². The zero-order valence-electron chi connectivity index (χ0n) is 10.5. The number of aryl methyl sites for hydroxylation is 1. The van der Waals surface area contributed by atoms with Crippen LogP contribution in [0.4, 0.5) is 0 Å². The maximum absolute atomic E-state index is 6.00. The summed E-state index contributed by atoms with van der Waals surface area (Å²) in [5.74, 6) is 1.06. The number of benzene rings is 1. The first-order valence-corrected chi connectivity index (χ1v) is 6.75. The maximum atomic E-state index is 6.00. The van der Waals surface area contributed by atoms with Crippen molar-refractivity contribution in [3.8, 4) is 17.3 Å². The van der Waals surface area contributed by atoms with Gasteiger partial charge in [0.25, 0.3) is 5.89 Å². The third-order valence-corrected chi connectivity index (χ3v) is 3.53. The zero-order valence-corrected chi connectivity index (χ0v) is 12.1. The van der Waals surface area contributed by atoms with E-state index in [4.69, 9.17) is 27.7 Å². The standard InChI is InChI=1S/C13H10Cl2N4O/c1-2-12-17-13(20-18-12)11-6-19(7-16-11)8-3-4-9(14)10(15)5-8/h3-7H,2H2,1H3. The van der Waals surface area contributed by atoms with E-state index in [0.717, 1.165) is 12.1 Å². The molecule has 2 heterocycles. The van der Waals surface area contributed by atoms with Gasteiger partial charge in [-0.25, -0.2) is 4.98 Å². The Hall–Kier alpha value is -1.85. The van der Waals surface area contributed by atoms with Crippen LogP contribution >= 0.6 is 23.2 Å². The minimum absolute atomic E-state index is 0.403. The fraction of sp³-hybridized carbons (Fsp3) is 0.154. The molecule has 20 heavy (non-hydrogen) atoms. The Labute approximate surface area is 125 Å². The average molecular weight is 309 g/mol. The quantitative estimate of drug-likeness (QED) is 0.738. The Balaban J connectivity index is 1.95. The van der Waals surface area contributed by atoms with Crippen molar-refractivity contribution in [3.05, 3.63) is 46.6 Å². The Morgan fingerprint density at radius 2 is 2.10 bits per heavy atom. The molecule has 3 aromatic rings. The van der Waals surface area contributed by atoms with Gasteiger partial charge in [0.1, 0.15) is 12.0 Å². The van der Waals surface area contributed by atoms with Gasteiger partial charge in [-0.05, 0) is 18.2 Å². The molecule has 1 aromatic carbocycles. The first-order chi connectivity index (χ1) is 9.67. The normalized spacial score (nSPS) is 10.9. The highest BCUT2D eigenvalue weighted by Crippen LogP contribution is 2.25. The van der Waals surface area contributed by atoms with Crippen LogP contribution in [-0.4, -0.2) is 19.7 Å². The van der Waals surface area contributed by atoms with E-state index in [0.29, 0.717) is 27.5 Å². The third kappa shape index (κ3) is 2.42. The van der Waals surface area contributed by atoms with Crippen molar-refractivity contribution in [2.24, 2.45) is 0 Å². The van der Waals surface area contributed by atoms with Gasteiger partial charge in [-0.2, -0.15) is 4.98 Å². The van der Waals surface area contributed by atoms with E-state index >= 15 is 0 Å². The first kappa shape index (κ1) is 13.1. The molecule has 5 nitrogen and oxygen atoms in total. The molecule has 3 rings (SSSR count). The molecule has 0 saturated carbocycles. The number of imidazole rings is 1. The van der Waals surface area contributed by atoms with Crippen LogP contribution in [0.15, 0.2) is 35.2 Å². The highest BCUT2D eigenvalue weighted by Gasteiger charge is 2.11. The molecule has 0 bridgehead atoms. The number of nitrogens with zero attached hydrogens (tertiary/aromatic N) is 4. The molecule has 102 valence electrons. The summed E-state index contributed by atoms with van der Waals surface area (Å²) in [7, 11) is 0. The molecule has 0 atom stereocenters. The number of rotatable bonds is 3.